The van der Waals surface area contributed by atoms with Gasteiger partial charge in [-0.05, 0) is 33.7 Å². The maximum absolute atomic E-state index is 3.71. The van der Waals surface area contributed by atoms with E-state index < -0.39 is 0 Å². The highest BCUT2D eigenvalue weighted by atomic mass is 15.1. The van der Waals surface area contributed by atoms with Crippen LogP contribution in [0.15, 0.2) is 24.3 Å². The van der Waals surface area contributed by atoms with E-state index in [2.05, 4.69) is 45.2 Å². The summed E-state index contributed by atoms with van der Waals surface area (Å²) in [7, 11) is 0. The third kappa shape index (κ3) is 5.64. The van der Waals surface area contributed by atoms with Crippen molar-refractivity contribution < 1.29 is 0 Å². The summed E-state index contributed by atoms with van der Waals surface area (Å²) in [5, 5.41) is 0. The van der Waals surface area contributed by atoms with Gasteiger partial charge in [0.1, 0.15) is 0 Å². The van der Waals surface area contributed by atoms with Crippen LogP contribution in [-0.2, 0) is 0 Å². The van der Waals surface area contributed by atoms with Crippen LogP contribution in [0.1, 0.15) is 34.1 Å². The number of hydrogen-bond acceptors (Lipinski definition) is 1. The molecule has 1 nitrogen and oxygen atoms in total. The molecule has 0 radical (unpaired) electrons. The van der Waals surface area contributed by atoms with Crippen LogP contribution in [0, 0.1) is 0 Å². The first kappa shape index (κ1) is 12.4. The van der Waals surface area contributed by atoms with Gasteiger partial charge in [-0.3, -0.25) is 4.90 Å². The predicted octanol–water partition coefficient (Wildman–Crippen LogP) is 3.24. The number of nitrogens with zero attached hydrogens (tertiary/aromatic N) is 1. The molecule has 0 saturated heterocycles. The summed E-state index contributed by atoms with van der Waals surface area (Å²) < 4.78 is 0. The van der Waals surface area contributed by atoms with E-state index in [9.17, 15) is 0 Å². The quantitative estimate of drug-likeness (QED) is 0.569. The van der Waals surface area contributed by atoms with Crippen LogP contribution in [0.25, 0.3) is 0 Å². The lowest BCUT2D eigenvalue weighted by atomic mass is 10.2. The highest BCUT2D eigenvalue weighted by Gasteiger charge is 2.05. The summed E-state index contributed by atoms with van der Waals surface area (Å²) in [6, 6.07) is 0.636. The Bertz CT molecular complexity index is 168. The second-order valence-corrected chi connectivity index (χ2v) is 3.73. The minimum Gasteiger partial charge on any atom is -0.297 e. The molecule has 0 unspecified atom stereocenters. The summed E-state index contributed by atoms with van der Waals surface area (Å²) in [6.07, 6.45) is 5.18. The molecule has 0 heterocycles. The molecule has 0 aromatic carbocycles. The Balaban J connectivity index is 3.99. The van der Waals surface area contributed by atoms with Gasteiger partial charge in [-0.1, -0.05) is 24.6 Å². The smallest absolute Gasteiger partial charge is 0.0192 e. The van der Waals surface area contributed by atoms with Crippen molar-refractivity contribution in [2.75, 3.05) is 13.1 Å². The minimum atomic E-state index is 0.636. The van der Waals surface area contributed by atoms with Crippen molar-refractivity contribution in [2.45, 2.75) is 40.2 Å². The maximum atomic E-state index is 3.71. The number of hydrogen-bond donors (Lipinski definition) is 0. The average Bonchev–Trinajstić information content (AvgIpc) is 2.10. The van der Waals surface area contributed by atoms with Gasteiger partial charge in [0, 0.05) is 12.6 Å². The Kier molecular flexibility index (Phi) is 6.61. The first-order valence-electron chi connectivity index (χ1n) is 5.12. The van der Waals surface area contributed by atoms with E-state index in [1.54, 1.807) is 0 Å². The van der Waals surface area contributed by atoms with Gasteiger partial charge in [0.05, 0.1) is 0 Å². The molecular weight excluding hydrogens is 158 g/mol. The predicted molar refractivity (Wildman–Crippen MR) is 61.0 cm³/mol. The summed E-state index contributed by atoms with van der Waals surface area (Å²) in [4.78, 5) is 2.45. The Morgan fingerprint density at radius 3 is 2.46 bits per heavy atom. The van der Waals surface area contributed by atoms with Crippen molar-refractivity contribution in [3.63, 3.8) is 0 Å². The van der Waals surface area contributed by atoms with Crippen molar-refractivity contribution in [3.05, 3.63) is 24.3 Å². The number of likely N-dealkylation sites (N-methyl/N-ethyl adjacent to an activating group) is 1. The van der Waals surface area contributed by atoms with E-state index in [1.165, 1.54) is 5.57 Å². The molecular formula is C12H23N. The third-order valence-electron chi connectivity index (χ3n) is 2.22. The summed E-state index contributed by atoms with van der Waals surface area (Å²) >= 11 is 0. The fourth-order valence-corrected chi connectivity index (χ4v) is 1.33. The SMILES string of the molecule is C=CC/C=C(/C)CN(CC)C(C)C. The van der Waals surface area contributed by atoms with Gasteiger partial charge in [0.15, 0.2) is 0 Å². The molecule has 0 fully saturated rings. The number of rotatable bonds is 6. The molecule has 76 valence electrons. The van der Waals surface area contributed by atoms with Crippen molar-refractivity contribution >= 4 is 0 Å². The molecule has 0 aromatic heterocycles. The van der Waals surface area contributed by atoms with Gasteiger partial charge >= 0.3 is 0 Å². The minimum absolute atomic E-state index is 0.636. The summed E-state index contributed by atoms with van der Waals surface area (Å²) in [6.45, 7) is 14.8. The van der Waals surface area contributed by atoms with Crippen LogP contribution < -0.4 is 0 Å². The van der Waals surface area contributed by atoms with E-state index >= 15 is 0 Å². The average molecular weight is 181 g/mol. The van der Waals surface area contributed by atoms with Crippen molar-refractivity contribution in [1.82, 2.24) is 4.90 Å². The monoisotopic (exact) mass is 181 g/mol. The van der Waals surface area contributed by atoms with Crippen LogP contribution in [0.2, 0.25) is 0 Å². The molecule has 0 N–H and O–H groups in total. The zero-order valence-electron chi connectivity index (χ0n) is 9.51. The van der Waals surface area contributed by atoms with E-state index in [0.717, 1.165) is 19.5 Å². The van der Waals surface area contributed by atoms with Crippen LogP contribution in [0.4, 0.5) is 0 Å². The fraction of sp³-hybridized carbons (Fsp3) is 0.667. The van der Waals surface area contributed by atoms with Crippen molar-refractivity contribution in [3.8, 4) is 0 Å². The summed E-state index contributed by atoms with van der Waals surface area (Å²) in [5.74, 6) is 0. The normalized spacial score (nSPS) is 12.6. The molecule has 13 heavy (non-hydrogen) atoms. The van der Waals surface area contributed by atoms with Crippen molar-refractivity contribution in [2.24, 2.45) is 0 Å². The highest BCUT2D eigenvalue weighted by molar-refractivity contribution is 5.03. The highest BCUT2D eigenvalue weighted by Crippen LogP contribution is 2.04. The molecule has 0 spiro atoms. The van der Waals surface area contributed by atoms with Crippen LogP contribution in [0.5, 0.6) is 0 Å². The molecule has 0 aliphatic rings. The molecule has 0 aliphatic carbocycles. The van der Waals surface area contributed by atoms with Gasteiger partial charge in [-0.2, -0.15) is 0 Å². The first-order chi connectivity index (χ1) is 6.11. The van der Waals surface area contributed by atoms with E-state index in [4.69, 9.17) is 0 Å². The molecule has 0 atom stereocenters. The third-order valence-corrected chi connectivity index (χ3v) is 2.22. The Hall–Kier alpha value is -0.560. The van der Waals surface area contributed by atoms with Gasteiger partial charge in [-0.15, -0.1) is 6.58 Å². The van der Waals surface area contributed by atoms with Gasteiger partial charge < -0.3 is 0 Å². The lowest BCUT2D eigenvalue weighted by Crippen LogP contribution is -2.31. The zero-order valence-corrected chi connectivity index (χ0v) is 9.51. The van der Waals surface area contributed by atoms with Gasteiger partial charge in [0.25, 0.3) is 0 Å². The van der Waals surface area contributed by atoms with E-state index in [-0.39, 0.29) is 0 Å². The lowest BCUT2D eigenvalue weighted by Gasteiger charge is -2.24. The Labute approximate surface area is 83.1 Å². The fourth-order valence-electron chi connectivity index (χ4n) is 1.33. The molecule has 0 rings (SSSR count). The second-order valence-electron chi connectivity index (χ2n) is 3.73. The van der Waals surface area contributed by atoms with Gasteiger partial charge in [-0.25, -0.2) is 0 Å². The maximum Gasteiger partial charge on any atom is 0.0192 e. The lowest BCUT2D eigenvalue weighted by molar-refractivity contribution is 0.253. The molecule has 0 aromatic rings. The standard InChI is InChI=1S/C12H23N/c1-6-8-9-12(5)10-13(7-2)11(3)4/h6,9,11H,1,7-8,10H2,2-5H3/b12-9-. The Morgan fingerprint density at radius 1 is 1.46 bits per heavy atom. The van der Waals surface area contributed by atoms with Gasteiger partial charge in [0.2, 0.25) is 0 Å². The topological polar surface area (TPSA) is 3.24 Å². The molecule has 1 heteroatoms. The largest absolute Gasteiger partial charge is 0.297 e. The first-order valence-corrected chi connectivity index (χ1v) is 5.12. The number of allylic oxidation sites excluding steroid dienone is 2. The van der Waals surface area contributed by atoms with E-state index in [0.29, 0.717) is 6.04 Å². The van der Waals surface area contributed by atoms with Crippen molar-refractivity contribution in [1.29, 1.82) is 0 Å². The van der Waals surface area contributed by atoms with Crippen LogP contribution in [-0.4, -0.2) is 24.0 Å². The molecule has 0 aliphatic heterocycles. The van der Waals surface area contributed by atoms with Crippen LogP contribution >= 0.6 is 0 Å². The van der Waals surface area contributed by atoms with E-state index in [1.807, 2.05) is 6.08 Å². The zero-order chi connectivity index (χ0) is 10.3. The molecule has 0 saturated carbocycles. The Morgan fingerprint density at radius 2 is 2.08 bits per heavy atom. The summed E-state index contributed by atoms with van der Waals surface area (Å²) in [5.41, 5.74) is 1.44. The molecule has 0 amide bonds. The second kappa shape index (κ2) is 6.90. The van der Waals surface area contributed by atoms with Crippen LogP contribution in [0.3, 0.4) is 0 Å². The molecule has 0 bridgehead atoms.